The van der Waals surface area contributed by atoms with E-state index in [1.54, 1.807) is 6.07 Å². The summed E-state index contributed by atoms with van der Waals surface area (Å²) in [5, 5.41) is 5.25. The predicted octanol–water partition coefficient (Wildman–Crippen LogP) is 5.38. The molecule has 0 unspecified atom stereocenters. The van der Waals surface area contributed by atoms with Crippen LogP contribution in [0, 0.1) is 6.92 Å². The second-order valence-corrected chi connectivity index (χ2v) is 6.63. The second-order valence-electron chi connectivity index (χ2n) is 6.63. The van der Waals surface area contributed by atoms with E-state index >= 15 is 0 Å². The van der Waals surface area contributed by atoms with Crippen LogP contribution < -0.4 is 5.32 Å². The van der Waals surface area contributed by atoms with Crippen LogP contribution in [-0.2, 0) is 6.42 Å². The summed E-state index contributed by atoms with van der Waals surface area (Å²) in [6.45, 7) is 2.67. The number of benzene rings is 3. The van der Waals surface area contributed by atoms with E-state index in [-0.39, 0.29) is 5.91 Å². The molecule has 1 aromatic heterocycles. The fraction of sp³-hybridized carbons (Fsp3) is 0.125. The standard InChI is InChI=1S/C24H21NO2/c1-17-11-12-21(20-10-6-5-9-19(17)20)22-13-14-23(27-22)24(26)25-16-15-18-7-3-2-4-8-18/h2-14H,15-16H2,1H3,(H,25,26). The lowest BCUT2D eigenvalue weighted by atomic mass is 9.99. The van der Waals surface area contributed by atoms with Crippen LogP contribution in [-0.4, -0.2) is 12.5 Å². The van der Waals surface area contributed by atoms with Gasteiger partial charge in [-0.25, -0.2) is 0 Å². The molecule has 1 N–H and O–H groups in total. The number of hydrogen-bond donors (Lipinski definition) is 1. The number of rotatable bonds is 5. The van der Waals surface area contributed by atoms with Gasteiger partial charge in [-0.15, -0.1) is 0 Å². The SMILES string of the molecule is Cc1ccc(-c2ccc(C(=O)NCCc3ccccc3)o2)c2ccccc12. The van der Waals surface area contributed by atoms with Gasteiger partial charge in [0.15, 0.2) is 5.76 Å². The van der Waals surface area contributed by atoms with E-state index in [1.165, 1.54) is 16.5 Å². The van der Waals surface area contributed by atoms with Crippen LogP contribution in [0.4, 0.5) is 0 Å². The minimum atomic E-state index is -0.186. The normalized spacial score (nSPS) is 10.9. The van der Waals surface area contributed by atoms with Crippen LogP contribution in [0.5, 0.6) is 0 Å². The molecule has 0 aliphatic carbocycles. The highest BCUT2D eigenvalue weighted by molar-refractivity contribution is 5.98. The van der Waals surface area contributed by atoms with Crippen LogP contribution in [0.15, 0.2) is 83.3 Å². The smallest absolute Gasteiger partial charge is 0.287 e. The summed E-state index contributed by atoms with van der Waals surface area (Å²) in [5.74, 6) is 0.857. The third kappa shape index (κ3) is 3.63. The highest BCUT2D eigenvalue weighted by atomic mass is 16.3. The molecule has 0 aliphatic heterocycles. The number of fused-ring (bicyclic) bond motifs is 1. The van der Waals surface area contributed by atoms with Gasteiger partial charge in [-0.05, 0) is 47.4 Å². The Kier molecular flexibility index (Phi) is 4.75. The van der Waals surface area contributed by atoms with E-state index in [1.807, 2.05) is 42.5 Å². The number of furan rings is 1. The van der Waals surface area contributed by atoms with Gasteiger partial charge in [0.2, 0.25) is 0 Å². The highest BCUT2D eigenvalue weighted by Gasteiger charge is 2.14. The van der Waals surface area contributed by atoms with Crippen molar-refractivity contribution in [1.82, 2.24) is 5.32 Å². The van der Waals surface area contributed by atoms with Gasteiger partial charge in [0.1, 0.15) is 5.76 Å². The van der Waals surface area contributed by atoms with Gasteiger partial charge in [-0.1, -0.05) is 66.7 Å². The molecule has 0 fully saturated rings. The van der Waals surface area contributed by atoms with Crippen LogP contribution in [0.2, 0.25) is 0 Å². The van der Waals surface area contributed by atoms with Crippen LogP contribution in [0.1, 0.15) is 21.7 Å². The van der Waals surface area contributed by atoms with Crippen molar-refractivity contribution in [2.75, 3.05) is 6.54 Å². The molecule has 0 radical (unpaired) electrons. The molecule has 1 heterocycles. The molecule has 4 rings (SSSR count). The number of aryl methyl sites for hydroxylation is 1. The van der Waals surface area contributed by atoms with Crippen molar-refractivity contribution in [3.05, 3.63) is 95.7 Å². The lowest BCUT2D eigenvalue weighted by Crippen LogP contribution is -2.25. The average molecular weight is 355 g/mol. The van der Waals surface area contributed by atoms with Crippen LogP contribution >= 0.6 is 0 Å². The lowest BCUT2D eigenvalue weighted by Gasteiger charge is -2.07. The van der Waals surface area contributed by atoms with Crippen molar-refractivity contribution in [1.29, 1.82) is 0 Å². The van der Waals surface area contributed by atoms with Crippen LogP contribution in [0.25, 0.3) is 22.1 Å². The zero-order valence-electron chi connectivity index (χ0n) is 15.2. The third-order valence-corrected chi connectivity index (χ3v) is 4.78. The van der Waals surface area contributed by atoms with Crippen molar-refractivity contribution >= 4 is 16.7 Å². The first-order chi connectivity index (χ1) is 13.2. The van der Waals surface area contributed by atoms with Gasteiger partial charge >= 0.3 is 0 Å². The molecule has 3 heteroatoms. The van der Waals surface area contributed by atoms with E-state index < -0.39 is 0 Å². The van der Waals surface area contributed by atoms with Crippen molar-refractivity contribution in [2.45, 2.75) is 13.3 Å². The molecule has 3 nitrogen and oxygen atoms in total. The van der Waals surface area contributed by atoms with Crippen molar-refractivity contribution < 1.29 is 9.21 Å². The monoisotopic (exact) mass is 355 g/mol. The first kappa shape index (κ1) is 17.1. The topological polar surface area (TPSA) is 42.2 Å². The Labute approximate surface area is 158 Å². The van der Waals surface area contributed by atoms with E-state index in [0.717, 1.165) is 17.4 Å². The molecule has 27 heavy (non-hydrogen) atoms. The first-order valence-electron chi connectivity index (χ1n) is 9.13. The Bertz CT molecular complexity index is 1080. The van der Waals surface area contributed by atoms with Gasteiger partial charge < -0.3 is 9.73 Å². The Morgan fingerprint density at radius 1 is 0.852 bits per heavy atom. The second kappa shape index (κ2) is 7.50. The molecule has 3 aromatic carbocycles. The number of hydrogen-bond acceptors (Lipinski definition) is 2. The largest absolute Gasteiger partial charge is 0.451 e. The quantitative estimate of drug-likeness (QED) is 0.522. The molecule has 0 bridgehead atoms. The Morgan fingerprint density at radius 3 is 2.41 bits per heavy atom. The third-order valence-electron chi connectivity index (χ3n) is 4.78. The van der Waals surface area contributed by atoms with Crippen molar-refractivity contribution in [3.8, 4) is 11.3 Å². The fourth-order valence-corrected chi connectivity index (χ4v) is 3.32. The first-order valence-corrected chi connectivity index (χ1v) is 9.13. The number of carbonyl (C=O) groups is 1. The molecule has 1 amide bonds. The van der Waals surface area contributed by atoms with E-state index in [9.17, 15) is 4.79 Å². The summed E-state index contributed by atoms with van der Waals surface area (Å²) >= 11 is 0. The molecule has 0 saturated heterocycles. The summed E-state index contributed by atoms with van der Waals surface area (Å²) < 4.78 is 5.87. The van der Waals surface area contributed by atoms with E-state index in [2.05, 4.69) is 42.6 Å². The van der Waals surface area contributed by atoms with Crippen LogP contribution in [0.3, 0.4) is 0 Å². The molecule has 134 valence electrons. The van der Waals surface area contributed by atoms with Gasteiger partial charge in [0.05, 0.1) is 0 Å². The molecule has 0 saturated carbocycles. The Morgan fingerprint density at radius 2 is 1.59 bits per heavy atom. The number of nitrogens with one attached hydrogen (secondary N) is 1. The van der Waals surface area contributed by atoms with Crippen molar-refractivity contribution in [2.24, 2.45) is 0 Å². The minimum absolute atomic E-state index is 0.186. The predicted molar refractivity (Wildman–Crippen MR) is 109 cm³/mol. The molecule has 4 aromatic rings. The van der Waals surface area contributed by atoms with E-state index in [4.69, 9.17) is 4.42 Å². The lowest BCUT2D eigenvalue weighted by molar-refractivity contribution is 0.0927. The fourth-order valence-electron chi connectivity index (χ4n) is 3.32. The molecule has 0 atom stereocenters. The zero-order valence-corrected chi connectivity index (χ0v) is 15.2. The summed E-state index contributed by atoms with van der Waals surface area (Å²) in [5.41, 5.74) is 3.42. The summed E-state index contributed by atoms with van der Waals surface area (Å²) in [7, 11) is 0. The molecule has 0 aliphatic rings. The Balaban J connectivity index is 1.50. The maximum Gasteiger partial charge on any atom is 0.287 e. The molecule has 0 spiro atoms. The maximum absolute atomic E-state index is 12.4. The van der Waals surface area contributed by atoms with Gasteiger partial charge in [-0.3, -0.25) is 4.79 Å². The van der Waals surface area contributed by atoms with Gasteiger partial charge in [-0.2, -0.15) is 0 Å². The minimum Gasteiger partial charge on any atom is -0.451 e. The van der Waals surface area contributed by atoms with Crippen molar-refractivity contribution in [3.63, 3.8) is 0 Å². The number of amides is 1. The van der Waals surface area contributed by atoms with Gasteiger partial charge in [0.25, 0.3) is 5.91 Å². The summed E-state index contributed by atoms with van der Waals surface area (Å²) in [6.07, 6.45) is 0.794. The van der Waals surface area contributed by atoms with E-state index in [0.29, 0.717) is 18.1 Å². The highest BCUT2D eigenvalue weighted by Crippen LogP contribution is 2.31. The maximum atomic E-state index is 12.4. The molecular weight excluding hydrogens is 334 g/mol. The summed E-state index contributed by atoms with van der Waals surface area (Å²) in [4.78, 5) is 12.4. The Hall–Kier alpha value is -3.33. The average Bonchev–Trinajstić information content (AvgIpc) is 3.19. The summed E-state index contributed by atoms with van der Waals surface area (Å²) in [6, 6.07) is 26.1. The van der Waals surface area contributed by atoms with Gasteiger partial charge in [0, 0.05) is 12.1 Å². The molecular formula is C24H21NO2. The zero-order chi connectivity index (χ0) is 18.6. The number of carbonyl (C=O) groups excluding carboxylic acids is 1.